The highest BCUT2D eigenvalue weighted by Crippen LogP contribution is 2.35. The molecule has 84 valence electrons. The first kappa shape index (κ1) is 12.0. The van der Waals surface area contributed by atoms with Crippen molar-refractivity contribution in [1.29, 1.82) is 0 Å². The molecule has 2 nitrogen and oxygen atoms in total. The number of rotatable bonds is 3. The molecule has 1 saturated heterocycles. The monoisotopic (exact) mass is 199 g/mol. The normalized spacial score (nSPS) is 35.1. The predicted molar refractivity (Wildman–Crippen MR) is 60.3 cm³/mol. The maximum Gasteiger partial charge on any atom is 0.0702 e. The van der Waals surface area contributed by atoms with Gasteiger partial charge in [0.2, 0.25) is 0 Å². The lowest BCUT2D eigenvalue weighted by Crippen LogP contribution is -2.51. The van der Waals surface area contributed by atoms with Crippen molar-refractivity contribution in [2.75, 3.05) is 13.6 Å². The van der Waals surface area contributed by atoms with Crippen LogP contribution in [0.15, 0.2) is 0 Å². The summed E-state index contributed by atoms with van der Waals surface area (Å²) in [5.41, 5.74) is -0.393. The Bertz CT molecular complexity index is 179. The molecule has 1 N–H and O–H groups in total. The number of hydrogen-bond acceptors (Lipinski definition) is 2. The standard InChI is InChI=1S/C12H25NO/c1-5-11(6-2)12(14)7-8-13(4)10(3)9-12/h10-11,14H,5-9H2,1-4H3. The van der Waals surface area contributed by atoms with E-state index in [-0.39, 0.29) is 0 Å². The molecule has 2 unspecified atom stereocenters. The quantitative estimate of drug-likeness (QED) is 0.753. The summed E-state index contributed by atoms with van der Waals surface area (Å²) >= 11 is 0. The van der Waals surface area contributed by atoms with E-state index in [1.54, 1.807) is 0 Å². The van der Waals surface area contributed by atoms with Gasteiger partial charge in [0.15, 0.2) is 0 Å². The van der Waals surface area contributed by atoms with Gasteiger partial charge in [0, 0.05) is 12.6 Å². The van der Waals surface area contributed by atoms with Crippen molar-refractivity contribution in [1.82, 2.24) is 4.90 Å². The van der Waals surface area contributed by atoms with Crippen LogP contribution in [0, 0.1) is 5.92 Å². The summed E-state index contributed by atoms with van der Waals surface area (Å²) in [6.45, 7) is 7.63. The third-order valence-electron chi connectivity index (χ3n) is 4.04. The minimum atomic E-state index is -0.393. The maximum atomic E-state index is 10.6. The molecule has 0 aromatic carbocycles. The van der Waals surface area contributed by atoms with Crippen LogP contribution in [-0.4, -0.2) is 35.2 Å². The summed E-state index contributed by atoms with van der Waals surface area (Å²) in [6, 6.07) is 0.523. The third-order valence-corrected chi connectivity index (χ3v) is 4.04. The zero-order chi connectivity index (χ0) is 10.8. The summed E-state index contributed by atoms with van der Waals surface area (Å²) in [5.74, 6) is 0.485. The molecule has 1 aliphatic rings. The average Bonchev–Trinajstić information content (AvgIpc) is 2.14. The van der Waals surface area contributed by atoms with Gasteiger partial charge >= 0.3 is 0 Å². The molecule has 0 spiro atoms. The third kappa shape index (κ3) is 2.29. The Balaban J connectivity index is 2.65. The van der Waals surface area contributed by atoms with E-state index in [0.717, 1.165) is 32.2 Å². The van der Waals surface area contributed by atoms with E-state index in [1.165, 1.54) is 0 Å². The second-order valence-corrected chi connectivity index (χ2v) is 4.90. The van der Waals surface area contributed by atoms with Gasteiger partial charge in [-0.05, 0) is 32.7 Å². The molecule has 0 aromatic heterocycles. The Morgan fingerprint density at radius 3 is 2.43 bits per heavy atom. The minimum absolute atomic E-state index is 0.393. The van der Waals surface area contributed by atoms with Crippen LogP contribution in [0.2, 0.25) is 0 Å². The largest absolute Gasteiger partial charge is 0.389 e. The van der Waals surface area contributed by atoms with E-state index in [1.807, 2.05) is 0 Å². The Morgan fingerprint density at radius 2 is 2.00 bits per heavy atom. The van der Waals surface area contributed by atoms with Crippen molar-refractivity contribution in [2.24, 2.45) is 5.92 Å². The smallest absolute Gasteiger partial charge is 0.0702 e. The van der Waals surface area contributed by atoms with Crippen molar-refractivity contribution < 1.29 is 5.11 Å². The first-order chi connectivity index (χ1) is 6.53. The SMILES string of the molecule is CCC(CC)C1(O)CCN(C)C(C)C1. The zero-order valence-corrected chi connectivity index (χ0v) is 10.1. The molecular weight excluding hydrogens is 174 g/mol. The van der Waals surface area contributed by atoms with Gasteiger partial charge in [-0.15, -0.1) is 0 Å². The van der Waals surface area contributed by atoms with Crippen molar-refractivity contribution >= 4 is 0 Å². The molecule has 1 aliphatic heterocycles. The molecule has 1 rings (SSSR count). The van der Waals surface area contributed by atoms with Crippen molar-refractivity contribution in [2.45, 2.75) is 58.1 Å². The van der Waals surface area contributed by atoms with Crippen LogP contribution in [-0.2, 0) is 0 Å². The Hall–Kier alpha value is -0.0800. The average molecular weight is 199 g/mol. The number of likely N-dealkylation sites (tertiary alicyclic amines) is 1. The lowest BCUT2D eigenvalue weighted by molar-refractivity contribution is -0.0813. The summed E-state index contributed by atoms with van der Waals surface area (Å²) < 4.78 is 0. The Kier molecular flexibility index (Phi) is 3.96. The van der Waals surface area contributed by atoms with Crippen molar-refractivity contribution in [3.05, 3.63) is 0 Å². The van der Waals surface area contributed by atoms with Crippen LogP contribution in [0.1, 0.15) is 46.5 Å². The second-order valence-electron chi connectivity index (χ2n) is 4.90. The molecule has 0 amide bonds. The summed E-state index contributed by atoms with van der Waals surface area (Å²) in [7, 11) is 2.15. The fourth-order valence-corrected chi connectivity index (χ4v) is 2.78. The van der Waals surface area contributed by atoms with E-state index in [0.29, 0.717) is 12.0 Å². The molecule has 1 fully saturated rings. The van der Waals surface area contributed by atoms with Crippen LogP contribution in [0.4, 0.5) is 0 Å². The molecule has 0 bridgehead atoms. The maximum absolute atomic E-state index is 10.6. The first-order valence-corrected chi connectivity index (χ1v) is 5.96. The number of hydrogen-bond donors (Lipinski definition) is 1. The fraction of sp³-hybridized carbons (Fsp3) is 1.00. The molecule has 0 saturated carbocycles. The molecule has 2 heteroatoms. The van der Waals surface area contributed by atoms with Crippen LogP contribution >= 0.6 is 0 Å². The van der Waals surface area contributed by atoms with Gasteiger partial charge in [-0.25, -0.2) is 0 Å². The summed E-state index contributed by atoms with van der Waals surface area (Å²) in [5, 5.41) is 10.6. The van der Waals surface area contributed by atoms with Gasteiger partial charge in [-0.3, -0.25) is 0 Å². The highest BCUT2D eigenvalue weighted by atomic mass is 16.3. The van der Waals surface area contributed by atoms with Crippen LogP contribution in [0.25, 0.3) is 0 Å². The molecule has 0 aromatic rings. The molecule has 0 radical (unpaired) electrons. The molecule has 2 atom stereocenters. The summed E-state index contributed by atoms with van der Waals surface area (Å²) in [6.07, 6.45) is 4.09. The van der Waals surface area contributed by atoms with Gasteiger partial charge in [-0.2, -0.15) is 0 Å². The fourth-order valence-electron chi connectivity index (χ4n) is 2.78. The van der Waals surface area contributed by atoms with E-state index in [9.17, 15) is 5.11 Å². The van der Waals surface area contributed by atoms with Crippen LogP contribution < -0.4 is 0 Å². The highest BCUT2D eigenvalue weighted by molar-refractivity contribution is 4.93. The van der Waals surface area contributed by atoms with Crippen molar-refractivity contribution in [3.63, 3.8) is 0 Å². The number of nitrogens with zero attached hydrogens (tertiary/aromatic N) is 1. The van der Waals surface area contributed by atoms with Gasteiger partial charge in [0.25, 0.3) is 0 Å². The van der Waals surface area contributed by atoms with E-state index < -0.39 is 5.60 Å². The first-order valence-electron chi connectivity index (χ1n) is 5.96. The zero-order valence-electron chi connectivity index (χ0n) is 10.1. The van der Waals surface area contributed by atoms with Gasteiger partial charge in [0.05, 0.1) is 5.60 Å². The number of aliphatic hydroxyl groups is 1. The van der Waals surface area contributed by atoms with Crippen LogP contribution in [0.3, 0.4) is 0 Å². The van der Waals surface area contributed by atoms with Crippen LogP contribution in [0.5, 0.6) is 0 Å². The van der Waals surface area contributed by atoms with E-state index in [2.05, 4.69) is 32.7 Å². The number of piperidine rings is 1. The lowest BCUT2D eigenvalue weighted by atomic mass is 9.75. The van der Waals surface area contributed by atoms with Gasteiger partial charge in [0.1, 0.15) is 0 Å². The lowest BCUT2D eigenvalue weighted by Gasteiger charge is -2.45. The van der Waals surface area contributed by atoms with Gasteiger partial charge < -0.3 is 10.0 Å². The van der Waals surface area contributed by atoms with E-state index in [4.69, 9.17) is 0 Å². The molecule has 0 aliphatic carbocycles. The Morgan fingerprint density at radius 1 is 1.43 bits per heavy atom. The topological polar surface area (TPSA) is 23.5 Å². The highest BCUT2D eigenvalue weighted by Gasteiger charge is 2.39. The van der Waals surface area contributed by atoms with Gasteiger partial charge in [-0.1, -0.05) is 26.7 Å². The molecule has 14 heavy (non-hydrogen) atoms. The minimum Gasteiger partial charge on any atom is -0.389 e. The van der Waals surface area contributed by atoms with Crippen molar-refractivity contribution in [3.8, 4) is 0 Å². The van der Waals surface area contributed by atoms with E-state index >= 15 is 0 Å². The molecule has 1 heterocycles. The second kappa shape index (κ2) is 4.63. The predicted octanol–water partition coefficient (Wildman–Crippen LogP) is 2.27. The molecular formula is C12H25NO. The Labute approximate surface area is 88.3 Å². The summed E-state index contributed by atoms with van der Waals surface area (Å²) in [4.78, 5) is 2.34.